The fourth-order valence-electron chi connectivity index (χ4n) is 5.10. The van der Waals surface area contributed by atoms with E-state index >= 15 is 0 Å². The SMILES string of the molecule is COc1ccc(-c2cccc(C(C)=O)c2)cc1CNC1CCC(C(NC(=O)O)C(C)(C)C)CC1. The lowest BCUT2D eigenvalue weighted by molar-refractivity contribution is 0.101. The molecule has 0 aliphatic heterocycles. The molecule has 184 valence electrons. The average molecular weight is 467 g/mol. The van der Waals surface area contributed by atoms with Crippen molar-refractivity contribution in [3.8, 4) is 16.9 Å². The fourth-order valence-corrected chi connectivity index (χ4v) is 5.10. The van der Waals surface area contributed by atoms with E-state index in [2.05, 4.69) is 37.5 Å². The molecular weight excluding hydrogens is 428 g/mol. The van der Waals surface area contributed by atoms with Crippen LogP contribution in [0.2, 0.25) is 0 Å². The van der Waals surface area contributed by atoms with E-state index in [1.807, 2.05) is 36.4 Å². The van der Waals surface area contributed by atoms with Crippen LogP contribution in [0.4, 0.5) is 4.79 Å². The van der Waals surface area contributed by atoms with Crippen molar-refractivity contribution < 1.29 is 19.4 Å². The van der Waals surface area contributed by atoms with Gasteiger partial charge in [-0.15, -0.1) is 0 Å². The number of ketones is 1. The number of rotatable bonds is 8. The number of carbonyl (C=O) groups excluding carboxylic acids is 1. The summed E-state index contributed by atoms with van der Waals surface area (Å²) in [6.07, 6.45) is 3.08. The second-order valence-corrected chi connectivity index (χ2v) is 10.4. The minimum absolute atomic E-state index is 0.0477. The lowest BCUT2D eigenvalue weighted by Crippen LogP contribution is -2.50. The van der Waals surface area contributed by atoms with Gasteiger partial charge in [0.15, 0.2) is 5.78 Å². The standard InChI is InChI=1S/C28H38N2O4/c1-18(31)20-7-6-8-21(15-20)22-11-14-25(34-5)23(16-22)17-29-24-12-9-19(10-13-24)26(28(2,3)4)30-27(32)33/h6-8,11,14-16,19,24,26,29-30H,9-10,12-13,17H2,1-5H3,(H,32,33). The molecular formula is C28H38N2O4. The number of carboxylic acid groups (broad SMARTS) is 1. The quantitative estimate of drug-likeness (QED) is 0.422. The van der Waals surface area contributed by atoms with Crippen LogP contribution in [0.3, 0.4) is 0 Å². The summed E-state index contributed by atoms with van der Waals surface area (Å²) in [4.78, 5) is 23.1. The normalized spacial score (nSPS) is 19.3. The molecule has 0 spiro atoms. The number of benzene rings is 2. The Morgan fingerprint density at radius 1 is 1.06 bits per heavy atom. The number of hydrogen-bond donors (Lipinski definition) is 3. The smallest absolute Gasteiger partial charge is 0.404 e. The van der Waals surface area contributed by atoms with Gasteiger partial charge < -0.3 is 20.5 Å². The van der Waals surface area contributed by atoms with Gasteiger partial charge in [-0.2, -0.15) is 0 Å². The maximum atomic E-state index is 11.8. The van der Waals surface area contributed by atoms with Crippen molar-refractivity contribution in [3.63, 3.8) is 0 Å². The molecule has 1 aliphatic carbocycles. The summed E-state index contributed by atoms with van der Waals surface area (Å²) in [6.45, 7) is 8.57. The molecule has 1 unspecified atom stereocenters. The first-order valence-corrected chi connectivity index (χ1v) is 12.1. The predicted molar refractivity (Wildman–Crippen MR) is 135 cm³/mol. The number of hydrogen-bond acceptors (Lipinski definition) is 4. The van der Waals surface area contributed by atoms with Gasteiger partial charge in [-0.3, -0.25) is 4.79 Å². The largest absolute Gasteiger partial charge is 0.496 e. The first-order valence-electron chi connectivity index (χ1n) is 12.1. The molecule has 0 aromatic heterocycles. The summed E-state index contributed by atoms with van der Waals surface area (Å²) in [5, 5.41) is 15.7. The highest BCUT2D eigenvalue weighted by Gasteiger charge is 2.35. The maximum Gasteiger partial charge on any atom is 0.404 e. The van der Waals surface area contributed by atoms with E-state index in [1.54, 1.807) is 14.0 Å². The van der Waals surface area contributed by atoms with E-state index in [1.165, 1.54) is 0 Å². The molecule has 0 heterocycles. The van der Waals surface area contributed by atoms with E-state index < -0.39 is 6.09 Å². The number of ether oxygens (including phenoxy) is 1. The van der Waals surface area contributed by atoms with Crippen molar-refractivity contribution in [2.24, 2.45) is 11.3 Å². The molecule has 0 radical (unpaired) electrons. The molecule has 1 fully saturated rings. The third kappa shape index (κ3) is 6.60. The van der Waals surface area contributed by atoms with Crippen LogP contribution in [0.5, 0.6) is 5.75 Å². The van der Waals surface area contributed by atoms with Crippen molar-refractivity contribution in [2.45, 2.75) is 72.0 Å². The third-order valence-electron chi connectivity index (χ3n) is 6.92. The first kappa shape index (κ1) is 25.8. The van der Waals surface area contributed by atoms with Gasteiger partial charge in [0.1, 0.15) is 5.75 Å². The van der Waals surface area contributed by atoms with Gasteiger partial charge in [0.05, 0.1) is 7.11 Å². The Bertz CT molecular complexity index is 1000. The van der Waals surface area contributed by atoms with Crippen LogP contribution in [0.1, 0.15) is 69.3 Å². The highest BCUT2D eigenvalue weighted by Crippen LogP contribution is 2.35. The van der Waals surface area contributed by atoms with Crippen molar-refractivity contribution in [3.05, 3.63) is 53.6 Å². The van der Waals surface area contributed by atoms with E-state index in [-0.39, 0.29) is 17.2 Å². The van der Waals surface area contributed by atoms with Crippen molar-refractivity contribution in [1.29, 1.82) is 0 Å². The molecule has 2 aromatic carbocycles. The van der Waals surface area contributed by atoms with Crippen LogP contribution in [-0.2, 0) is 6.54 Å². The monoisotopic (exact) mass is 466 g/mol. The second-order valence-electron chi connectivity index (χ2n) is 10.4. The zero-order chi connectivity index (χ0) is 24.9. The Kier molecular flexibility index (Phi) is 8.37. The zero-order valence-electron chi connectivity index (χ0n) is 21.0. The molecule has 2 aromatic rings. The van der Waals surface area contributed by atoms with Gasteiger partial charge in [0.2, 0.25) is 0 Å². The predicted octanol–water partition coefficient (Wildman–Crippen LogP) is 5.90. The van der Waals surface area contributed by atoms with E-state index in [0.717, 1.165) is 48.1 Å². The fraction of sp³-hybridized carbons (Fsp3) is 0.500. The summed E-state index contributed by atoms with van der Waals surface area (Å²) >= 11 is 0. The van der Waals surface area contributed by atoms with Gasteiger partial charge in [-0.1, -0.05) is 45.0 Å². The molecule has 34 heavy (non-hydrogen) atoms. The van der Waals surface area contributed by atoms with E-state index in [0.29, 0.717) is 24.1 Å². The maximum absolute atomic E-state index is 11.8. The van der Waals surface area contributed by atoms with Crippen LogP contribution < -0.4 is 15.4 Å². The van der Waals surface area contributed by atoms with Crippen LogP contribution in [0.25, 0.3) is 11.1 Å². The Balaban J connectivity index is 1.66. The lowest BCUT2D eigenvalue weighted by atomic mass is 9.72. The lowest BCUT2D eigenvalue weighted by Gasteiger charge is -2.40. The molecule has 1 aliphatic rings. The van der Waals surface area contributed by atoms with Crippen molar-refractivity contribution in [1.82, 2.24) is 10.6 Å². The van der Waals surface area contributed by atoms with Crippen LogP contribution in [-0.4, -0.2) is 36.2 Å². The van der Waals surface area contributed by atoms with Gasteiger partial charge >= 0.3 is 6.09 Å². The summed E-state index contributed by atoms with van der Waals surface area (Å²) in [7, 11) is 1.68. The second kappa shape index (κ2) is 11.0. The first-order chi connectivity index (χ1) is 16.1. The molecule has 3 N–H and O–H groups in total. The zero-order valence-corrected chi connectivity index (χ0v) is 21.0. The summed E-state index contributed by atoms with van der Waals surface area (Å²) < 4.78 is 5.60. The number of amides is 1. The van der Waals surface area contributed by atoms with Gasteiger partial charge in [0.25, 0.3) is 0 Å². The molecule has 1 atom stereocenters. The number of methoxy groups -OCH3 is 1. The molecule has 6 nitrogen and oxygen atoms in total. The minimum atomic E-state index is -0.944. The summed E-state index contributed by atoms with van der Waals surface area (Å²) in [6, 6.07) is 14.2. The number of Topliss-reactive ketones (excluding diaryl/α,β-unsaturated/α-hetero) is 1. The van der Waals surface area contributed by atoms with Gasteiger partial charge in [0, 0.05) is 29.8 Å². The van der Waals surface area contributed by atoms with Gasteiger partial charge in [-0.25, -0.2) is 4.79 Å². The highest BCUT2D eigenvalue weighted by molar-refractivity contribution is 5.95. The topological polar surface area (TPSA) is 87.7 Å². The molecule has 0 saturated heterocycles. The molecule has 0 bridgehead atoms. The summed E-state index contributed by atoms with van der Waals surface area (Å²) in [5.41, 5.74) is 3.73. The van der Waals surface area contributed by atoms with Crippen LogP contribution in [0.15, 0.2) is 42.5 Å². The average Bonchev–Trinajstić information content (AvgIpc) is 2.80. The highest BCUT2D eigenvalue weighted by atomic mass is 16.5. The third-order valence-corrected chi connectivity index (χ3v) is 6.92. The summed E-state index contributed by atoms with van der Waals surface area (Å²) in [5.74, 6) is 1.24. The minimum Gasteiger partial charge on any atom is -0.496 e. The molecule has 3 rings (SSSR count). The van der Waals surface area contributed by atoms with E-state index in [9.17, 15) is 14.7 Å². The number of carbonyl (C=O) groups is 2. The Morgan fingerprint density at radius 3 is 2.32 bits per heavy atom. The molecule has 1 amide bonds. The van der Waals surface area contributed by atoms with Crippen LogP contribution in [0, 0.1) is 11.3 Å². The van der Waals surface area contributed by atoms with Crippen LogP contribution >= 0.6 is 0 Å². The number of nitrogens with one attached hydrogen (secondary N) is 2. The van der Waals surface area contributed by atoms with Crippen molar-refractivity contribution >= 4 is 11.9 Å². The van der Waals surface area contributed by atoms with Gasteiger partial charge in [-0.05, 0) is 73.3 Å². The van der Waals surface area contributed by atoms with E-state index in [4.69, 9.17) is 4.74 Å². The molecule has 1 saturated carbocycles. The van der Waals surface area contributed by atoms with Crippen molar-refractivity contribution in [2.75, 3.05) is 7.11 Å². The Morgan fingerprint density at radius 2 is 1.74 bits per heavy atom. The Labute approximate surface area is 203 Å². The molecule has 6 heteroatoms. The Hall–Kier alpha value is -2.86.